The number of amides is 2. The summed E-state index contributed by atoms with van der Waals surface area (Å²) in [7, 11) is 2.80. The number of hydrogen-bond donors (Lipinski definition) is 3. The second-order valence-corrected chi connectivity index (χ2v) is 9.82. The van der Waals surface area contributed by atoms with Gasteiger partial charge in [-0.05, 0) is 67.9 Å². The monoisotopic (exact) mass is 619 g/mol. The summed E-state index contributed by atoms with van der Waals surface area (Å²) in [4.78, 5) is 27.5. The largest absolute Gasteiger partial charge is 0.493 e. The first-order valence-corrected chi connectivity index (χ1v) is 13.0. The van der Waals surface area contributed by atoms with E-state index in [1.54, 1.807) is 26.0 Å². The van der Waals surface area contributed by atoms with E-state index in [0.29, 0.717) is 22.7 Å². The van der Waals surface area contributed by atoms with Crippen molar-refractivity contribution in [1.82, 2.24) is 5.32 Å². The number of anilines is 2. The number of carbonyl (C=O) groups is 2. The number of nitrogens with one attached hydrogen (secondary N) is 3. The minimum atomic E-state index is -4.65. The SMILES string of the molecule is COc1ccc(C2C(C(=O)Nc3cccc(C(F)(F)F)c3)=C(C)NC(C)=C2C(=O)Nc2cccc(C(F)(F)F)c2)cc1OC. The van der Waals surface area contributed by atoms with Crippen LogP contribution < -0.4 is 25.4 Å². The molecule has 0 aliphatic carbocycles. The number of ether oxygens (including phenoxy) is 2. The maximum absolute atomic E-state index is 13.8. The standard InChI is InChI=1S/C31H27F6N3O4/c1-16-25(28(41)39-21-9-5-7-19(14-21)30(32,33)34)27(18-11-12-23(43-3)24(13-18)44-4)26(17(2)38-16)29(42)40-22-10-6-8-20(15-22)31(35,36)37/h5-15,27,38H,1-4H3,(H,39,41)(H,40,42). The quantitative estimate of drug-likeness (QED) is 0.243. The Morgan fingerprint density at radius 1 is 0.682 bits per heavy atom. The lowest BCUT2D eigenvalue weighted by Crippen LogP contribution is -2.35. The number of methoxy groups -OCH3 is 2. The molecule has 3 aromatic carbocycles. The van der Waals surface area contributed by atoms with Crippen LogP contribution in [0.1, 0.15) is 36.5 Å². The highest BCUT2D eigenvalue weighted by molar-refractivity contribution is 6.12. The predicted octanol–water partition coefficient (Wildman–Crippen LogP) is 7.25. The van der Waals surface area contributed by atoms with Crippen LogP contribution in [0.2, 0.25) is 0 Å². The molecule has 4 rings (SSSR count). The molecule has 13 heteroatoms. The van der Waals surface area contributed by atoms with Crippen LogP contribution in [0.4, 0.5) is 37.7 Å². The number of alkyl halides is 6. The third-order valence-electron chi connectivity index (χ3n) is 6.89. The van der Waals surface area contributed by atoms with Crippen molar-refractivity contribution in [3.8, 4) is 11.5 Å². The van der Waals surface area contributed by atoms with Crippen molar-refractivity contribution in [2.45, 2.75) is 32.1 Å². The van der Waals surface area contributed by atoms with Crippen LogP contribution in [-0.2, 0) is 21.9 Å². The molecular weight excluding hydrogens is 592 g/mol. The van der Waals surface area contributed by atoms with Gasteiger partial charge in [0.1, 0.15) is 0 Å². The lowest BCUT2D eigenvalue weighted by Gasteiger charge is -2.32. The molecule has 0 radical (unpaired) electrons. The minimum Gasteiger partial charge on any atom is -0.493 e. The number of dihydropyridines is 1. The Hall–Kier alpha value is -4.94. The lowest BCUT2D eigenvalue weighted by atomic mass is 9.79. The molecule has 7 nitrogen and oxygen atoms in total. The molecule has 0 spiro atoms. The zero-order chi connectivity index (χ0) is 32.4. The molecule has 0 saturated heterocycles. The average molecular weight is 620 g/mol. The summed E-state index contributed by atoms with van der Waals surface area (Å²) in [5.74, 6) is -2.16. The van der Waals surface area contributed by atoms with Gasteiger partial charge in [-0.3, -0.25) is 9.59 Å². The highest BCUT2D eigenvalue weighted by Gasteiger charge is 2.38. The molecule has 0 unspecified atom stereocenters. The molecular formula is C31H27F6N3O4. The number of benzene rings is 3. The van der Waals surface area contributed by atoms with Crippen molar-refractivity contribution >= 4 is 23.2 Å². The van der Waals surface area contributed by atoms with Crippen molar-refractivity contribution < 1.29 is 45.4 Å². The van der Waals surface area contributed by atoms with Gasteiger partial charge in [-0.15, -0.1) is 0 Å². The number of hydrogen-bond acceptors (Lipinski definition) is 5. The summed E-state index contributed by atoms with van der Waals surface area (Å²) >= 11 is 0. The molecule has 1 aliphatic rings. The van der Waals surface area contributed by atoms with Gasteiger partial charge in [-0.1, -0.05) is 18.2 Å². The Labute approximate surface area is 248 Å². The second kappa shape index (κ2) is 12.3. The molecule has 0 aromatic heterocycles. The Kier molecular flexibility index (Phi) is 8.98. The third-order valence-corrected chi connectivity index (χ3v) is 6.89. The third kappa shape index (κ3) is 6.82. The van der Waals surface area contributed by atoms with Crippen LogP contribution in [0.3, 0.4) is 0 Å². The summed E-state index contributed by atoms with van der Waals surface area (Å²) in [6.45, 7) is 3.11. The maximum Gasteiger partial charge on any atom is 0.416 e. The summed E-state index contributed by atoms with van der Waals surface area (Å²) in [5, 5.41) is 7.92. The molecule has 3 N–H and O–H groups in total. The first-order valence-electron chi connectivity index (χ1n) is 13.0. The van der Waals surface area contributed by atoms with E-state index in [1.165, 1.54) is 32.4 Å². The van der Waals surface area contributed by atoms with E-state index in [0.717, 1.165) is 36.4 Å². The van der Waals surface area contributed by atoms with E-state index in [-0.39, 0.29) is 28.3 Å². The van der Waals surface area contributed by atoms with Gasteiger partial charge in [0.05, 0.1) is 25.3 Å². The van der Waals surface area contributed by atoms with Crippen molar-refractivity contribution in [1.29, 1.82) is 0 Å². The van der Waals surface area contributed by atoms with Crippen molar-refractivity contribution in [2.24, 2.45) is 0 Å². The van der Waals surface area contributed by atoms with E-state index in [2.05, 4.69) is 16.0 Å². The van der Waals surface area contributed by atoms with Crippen molar-refractivity contribution in [2.75, 3.05) is 24.9 Å². The highest BCUT2D eigenvalue weighted by atomic mass is 19.4. The number of allylic oxidation sites excluding steroid dienone is 2. The topological polar surface area (TPSA) is 88.7 Å². The summed E-state index contributed by atoms with van der Waals surface area (Å²) in [6.07, 6.45) is -9.31. The van der Waals surface area contributed by atoms with Crippen LogP contribution in [0.15, 0.2) is 89.3 Å². The van der Waals surface area contributed by atoms with Crippen LogP contribution in [0.25, 0.3) is 0 Å². The molecule has 0 saturated carbocycles. The fraction of sp³-hybridized carbons (Fsp3) is 0.226. The fourth-order valence-corrected chi connectivity index (χ4v) is 4.91. The zero-order valence-electron chi connectivity index (χ0n) is 23.8. The van der Waals surface area contributed by atoms with Gasteiger partial charge >= 0.3 is 12.4 Å². The normalized spacial score (nSPS) is 14.2. The van der Waals surface area contributed by atoms with E-state index < -0.39 is 41.2 Å². The molecule has 2 amide bonds. The molecule has 44 heavy (non-hydrogen) atoms. The Bertz CT molecular complexity index is 1570. The van der Waals surface area contributed by atoms with Gasteiger partial charge in [-0.2, -0.15) is 26.3 Å². The molecule has 3 aromatic rings. The van der Waals surface area contributed by atoms with Crippen LogP contribution >= 0.6 is 0 Å². The highest BCUT2D eigenvalue weighted by Crippen LogP contribution is 2.42. The number of halogens is 6. The van der Waals surface area contributed by atoms with Gasteiger partial charge in [-0.25, -0.2) is 0 Å². The minimum absolute atomic E-state index is 0.0191. The Morgan fingerprint density at radius 2 is 1.14 bits per heavy atom. The Balaban J connectivity index is 1.80. The Morgan fingerprint density at radius 3 is 1.55 bits per heavy atom. The molecule has 0 fully saturated rings. The van der Waals surface area contributed by atoms with Gasteiger partial charge < -0.3 is 25.4 Å². The number of rotatable bonds is 7. The van der Waals surface area contributed by atoms with Crippen LogP contribution in [-0.4, -0.2) is 26.0 Å². The summed E-state index contributed by atoms with van der Waals surface area (Å²) in [6, 6.07) is 12.8. The fourth-order valence-electron chi connectivity index (χ4n) is 4.91. The van der Waals surface area contributed by atoms with Gasteiger partial charge in [0, 0.05) is 39.8 Å². The lowest BCUT2D eigenvalue weighted by molar-refractivity contribution is -0.138. The van der Waals surface area contributed by atoms with Gasteiger partial charge in [0.2, 0.25) is 0 Å². The first kappa shape index (κ1) is 32.0. The smallest absolute Gasteiger partial charge is 0.416 e. The van der Waals surface area contributed by atoms with E-state index in [9.17, 15) is 35.9 Å². The average Bonchev–Trinajstić information content (AvgIpc) is 2.95. The molecule has 1 aliphatic heterocycles. The van der Waals surface area contributed by atoms with Crippen LogP contribution in [0.5, 0.6) is 11.5 Å². The molecule has 0 bridgehead atoms. The van der Waals surface area contributed by atoms with Crippen molar-refractivity contribution in [3.63, 3.8) is 0 Å². The van der Waals surface area contributed by atoms with Gasteiger partial charge in [0.15, 0.2) is 11.5 Å². The summed E-state index contributed by atoms with van der Waals surface area (Å²) in [5.41, 5.74) is -1.32. The second-order valence-electron chi connectivity index (χ2n) is 9.82. The zero-order valence-corrected chi connectivity index (χ0v) is 23.8. The van der Waals surface area contributed by atoms with Crippen molar-refractivity contribution in [3.05, 3.63) is 106 Å². The number of carbonyl (C=O) groups excluding carboxylic acids is 2. The van der Waals surface area contributed by atoms with E-state index >= 15 is 0 Å². The molecule has 232 valence electrons. The van der Waals surface area contributed by atoms with E-state index in [4.69, 9.17) is 9.47 Å². The van der Waals surface area contributed by atoms with E-state index in [1.807, 2.05) is 0 Å². The molecule has 0 atom stereocenters. The first-order chi connectivity index (χ1) is 20.6. The predicted molar refractivity (Wildman–Crippen MR) is 151 cm³/mol. The van der Waals surface area contributed by atoms with Crippen LogP contribution in [0, 0.1) is 0 Å². The maximum atomic E-state index is 13.8. The summed E-state index contributed by atoms with van der Waals surface area (Å²) < 4.78 is 90.7. The molecule has 1 heterocycles. The van der Waals surface area contributed by atoms with Gasteiger partial charge in [0.25, 0.3) is 11.8 Å².